The zero-order valence-electron chi connectivity index (χ0n) is 12.1. The minimum Gasteiger partial charge on any atom is -0.388 e. The molecule has 2 atom stereocenters. The molecule has 1 heterocycles. The van der Waals surface area contributed by atoms with E-state index in [-0.39, 0.29) is 11.9 Å². The second-order valence-corrected chi connectivity index (χ2v) is 5.57. The average Bonchev–Trinajstić information content (AvgIpc) is 2.50. The number of hydrogen-bond donors (Lipinski definition) is 1. The number of halogens is 1. The Labute approximate surface area is 124 Å². The van der Waals surface area contributed by atoms with E-state index >= 15 is 0 Å². The molecule has 2 aromatic carbocycles. The van der Waals surface area contributed by atoms with Crippen LogP contribution in [0.2, 0.25) is 0 Å². The molecule has 0 spiro atoms. The van der Waals surface area contributed by atoms with Crippen LogP contribution in [-0.2, 0) is 11.2 Å². The van der Waals surface area contributed by atoms with E-state index in [9.17, 15) is 9.50 Å². The predicted molar refractivity (Wildman–Crippen MR) is 79.6 cm³/mol. The van der Waals surface area contributed by atoms with Gasteiger partial charge < -0.3 is 9.84 Å². The summed E-state index contributed by atoms with van der Waals surface area (Å²) in [6.07, 6.45) is 0.649. The lowest BCUT2D eigenvalue weighted by atomic mass is 9.92. The molecule has 2 aromatic rings. The maximum atomic E-state index is 13.3. The lowest BCUT2D eigenvalue weighted by Gasteiger charge is -2.28. The molecule has 0 aliphatic carbocycles. The van der Waals surface area contributed by atoms with E-state index in [0.29, 0.717) is 18.6 Å². The molecule has 0 aromatic heterocycles. The van der Waals surface area contributed by atoms with Crippen molar-refractivity contribution in [2.45, 2.75) is 32.0 Å². The molecule has 1 aliphatic heterocycles. The van der Waals surface area contributed by atoms with E-state index in [2.05, 4.69) is 12.1 Å². The number of benzene rings is 2. The molecule has 1 aliphatic rings. The van der Waals surface area contributed by atoms with Gasteiger partial charge in [0.05, 0.1) is 18.8 Å². The Morgan fingerprint density at radius 3 is 2.90 bits per heavy atom. The van der Waals surface area contributed by atoms with Crippen molar-refractivity contribution >= 4 is 0 Å². The molecule has 0 bridgehead atoms. The molecule has 0 saturated carbocycles. The molecule has 0 fully saturated rings. The molecule has 0 amide bonds. The highest BCUT2D eigenvalue weighted by molar-refractivity contribution is 5.32. The van der Waals surface area contributed by atoms with E-state index in [1.165, 1.54) is 11.6 Å². The number of rotatable bonds is 3. The van der Waals surface area contributed by atoms with Crippen LogP contribution >= 0.6 is 0 Å². The van der Waals surface area contributed by atoms with Gasteiger partial charge in [-0.05, 0) is 41.7 Å². The summed E-state index contributed by atoms with van der Waals surface area (Å²) < 4.78 is 19.1. The van der Waals surface area contributed by atoms with Crippen LogP contribution in [0.5, 0.6) is 0 Å². The highest BCUT2D eigenvalue weighted by atomic mass is 19.1. The zero-order valence-corrected chi connectivity index (χ0v) is 12.1. The Bertz CT molecular complexity index is 639. The summed E-state index contributed by atoms with van der Waals surface area (Å²) in [6.45, 7) is 2.38. The third-order valence-electron chi connectivity index (χ3n) is 4.10. The topological polar surface area (TPSA) is 29.5 Å². The van der Waals surface area contributed by atoms with Gasteiger partial charge in [0.2, 0.25) is 0 Å². The summed E-state index contributed by atoms with van der Waals surface area (Å²) in [6, 6.07) is 12.9. The SMILES string of the molecule is Cc1cc(C(O)CC2OCCc3ccccc32)ccc1F. The molecule has 3 heteroatoms. The Morgan fingerprint density at radius 2 is 2.10 bits per heavy atom. The molecular formula is C18H19FO2. The summed E-state index contributed by atoms with van der Waals surface area (Å²) in [5.74, 6) is -0.245. The second kappa shape index (κ2) is 5.96. The number of aliphatic hydroxyl groups excluding tert-OH is 1. The van der Waals surface area contributed by atoms with Crippen molar-refractivity contribution in [2.24, 2.45) is 0 Å². The van der Waals surface area contributed by atoms with Crippen molar-refractivity contribution < 1.29 is 14.2 Å². The fourth-order valence-corrected chi connectivity index (χ4v) is 2.89. The van der Waals surface area contributed by atoms with Crippen LogP contribution in [0, 0.1) is 12.7 Å². The molecule has 2 unspecified atom stereocenters. The number of aliphatic hydroxyl groups is 1. The van der Waals surface area contributed by atoms with Crippen molar-refractivity contribution in [3.8, 4) is 0 Å². The molecular weight excluding hydrogens is 267 g/mol. The van der Waals surface area contributed by atoms with Crippen LogP contribution in [0.15, 0.2) is 42.5 Å². The molecule has 2 nitrogen and oxygen atoms in total. The van der Waals surface area contributed by atoms with Gasteiger partial charge in [-0.15, -0.1) is 0 Å². The van der Waals surface area contributed by atoms with Crippen molar-refractivity contribution in [3.63, 3.8) is 0 Å². The Kier molecular flexibility index (Phi) is 4.04. The minimum absolute atomic E-state index is 0.102. The van der Waals surface area contributed by atoms with Crippen molar-refractivity contribution in [1.29, 1.82) is 0 Å². The highest BCUT2D eigenvalue weighted by Crippen LogP contribution is 2.34. The average molecular weight is 286 g/mol. The Hall–Kier alpha value is -1.71. The molecule has 110 valence electrons. The number of ether oxygens (including phenoxy) is 1. The van der Waals surface area contributed by atoms with Gasteiger partial charge in [0, 0.05) is 6.42 Å². The van der Waals surface area contributed by atoms with E-state index in [0.717, 1.165) is 17.5 Å². The molecule has 3 rings (SSSR count). The van der Waals surface area contributed by atoms with E-state index in [1.807, 2.05) is 12.1 Å². The largest absolute Gasteiger partial charge is 0.388 e. The van der Waals surface area contributed by atoms with Crippen LogP contribution in [0.3, 0.4) is 0 Å². The van der Waals surface area contributed by atoms with Crippen LogP contribution < -0.4 is 0 Å². The van der Waals surface area contributed by atoms with Gasteiger partial charge in [-0.3, -0.25) is 0 Å². The van der Waals surface area contributed by atoms with Gasteiger partial charge in [-0.1, -0.05) is 36.4 Å². The van der Waals surface area contributed by atoms with Crippen molar-refractivity contribution in [3.05, 3.63) is 70.5 Å². The molecule has 1 N–H and O–H groups in total. The number of fused-ring (bicyclic) bond motifs is 1. The van der Waals surface area contributed by atoms with Gasteiger partial charge >= 0.3 is 0 Å². The lowest BCUT2D eigenvalue weighted by molar-refractivity contribution is 0.00374. The van der Waals surface area contributed by atoms with Crippen LogP contribution in [0.25, 0.3) is 0 Å². The zero-order chi connectivity index (χ0) is 14.8. The lowest BCUT2D eigenvalue weighted by Crippen LogP contribution is -2.18. The summed E-state index contributed by atoms with van der Waals surface area (Å²) in [7, 11) is 0. The maximum absolute atomic E-state index is 13.3. The second-order valence-electron chi connectivity index (χ2n) is 5.57. The van der Waals surface area contributed by atoms with Crippen LogP contribution in [0.4, 0.5) is 4.39 Å². The standard InChI is InChI=1S/C18H19FO2/c1-12-10-14(6-7-16(12)19)17(20)11-18-15-5-3-2-4-13(15)8-9-21-18/h2-7,10,17-18,20H,8-9,11H2,1H3. The van der Waals surface area contributed by atoms with Crippen LogP contribution in [-0.4, -0.2) is 11.7 Å². The maximum Gasteiger partial charge on any atom is 0.126 e. The first kappa shape index (κ1) is 14.2. The summed E-state index contributed by atoms with van der Waals surface area (Å²) >= 11 is 0. The number of hydrogen-bond acceptors (Lipinski definition) is 2. The first-order chi connectivity index (χ1) is 10.1. The van der Waals surface area contributed by atoms with Crippen molar-refractivity contribution in [2.75, 3.05) is 6.61 Å². The number of aryl methyl sites for hydroxylation is 1. The quantitative estimate of drug-likeness (QED) is 0.928. The third kappa shape index (κ3) is 2.99. The summed E-state index contributed by atoms with van der Waals surface area (Å²) in [5, 5.41) is 10.4. The molecule has 0 saturated heterocycles. The predicted octanol–water partition coefficient (Wildman–Crippen LogP) is 3.87. The van der Waals surface area contributed by atoms with Gasteiger partial charge in [0.1, 0.15) is 5.82 Å². The van der Waals surface area contributed by atoms with E-state index in [4.69, 9.17) is 4.74 Å². The van der Waals surface area contributed by atoms with Crippen LogP contribution in [0.1, 0.15) is 40.9 Å². The molecule has 21 heavy (non-hydrogen) atoms. The Morgan fingerprint density at radius 1 is 1.29 bits per heavy atom. The highest BCUT2D eigenvalue weighted by Gasteiger charge is 2.24. The van der Waals surface area contributed by atoms with Gasteiger partial charge in [-0.25, -0.2) is 4.39 Å². The first-order valence-electron chi connectivity index (χ1n) is 7.28. The normalized spacial score (nSPS) is 19.1. The van der Waals surface area contributed by atoms with Gasteiger partial charge in [-0.2, -0.15) is 0 Å². The third-order valence-corrected chi connectivity index (χ3v) is 4.10. The van der Waals surface area contributed by atoms with E-state index in [1.54, 1.807) is 19.1 Å². The minimum atomic E-state index is -0.652. The summed E-state index contributed by atoms with van der Waals surface area (Å²) in [5.41, 5.74) is 3.73. The smallest absolute Gasteiger partial charge is 0.126 e. The first-order valence-corrected chi connectivity index (χ1v) is 7.28. The molecule has 0 radical (unpaired) electrons. The fourth-order valence-electron chi connectivity index (χ4n) is 2.89. The van der Waals surface area contributed by atoms with Gasteiger partial charge in [0.25, 0.3) is 0 Å². The monoisotopic (exact) mass is 286 g/mol. The van der Waals surface area contributed by atoms with Gasteiger partial charge in [0.15, 0.2) is 0 Å². The fraction of sp³-hybridized carbons (Fsp3) is 0.333. The van der Waals surface area contributed by atoms with E-state index < -0.39 is 6.10 Å². The Balaban J connectivity index is 1.79. The van der Waals surface area contributed by atoms with Crippen molar-refractivity contribution in [1.82, 2.24) is 0 Å². The summed E-state index contributed by atoms with van der Waals surface area (Å²) in [4.78, 5) is 0.